The normalized spacial score (nSPS) is 30.5. The second-order valence-corrected chi connectivity index (χ2v) is 6.73. The van der Waals surface area contributed by atoms with Gasteiger partial charge in [-0.1, -0.05) is 26.3 Å². The van der Waals surface area contributed by atoms with Crippen molar-refractivity contribution in [1.82, 2.24) is 0 Å². The van der Waals surface area contributed by atoms with Crippen molar-refractivity contribution in [2.45, 2.75) is 45.6 Å². The Bertz CT molecular complexity index is 485. The van der Waals surface area contributed by atoms with Gasteiger partial charge in [0.1, 0.15) is 0 Å². The maximum absolute atomic E-state index is 10.7. The summed E-state index contributed by atoms with van der Waals surface area (Å²) in [5.74, 6) is 3.41. The van der Waals surface area contributed by atoms with E-state index < -0.39 is 6.10 Å². The molecule has 3 heteroatoms. The van der Waals surface area contributed by atoms with Crippen LogP contribution in [0.1, 0.15) is 51.2 Å². The SMILES string of the molecule is CC1CCC(C(O)c2ccc3c(c2)OCCCO3)CC1C. The predicted molar refractivity (Wildman–Crippen MR) is 82.7 cm³/mol. The molecule has 3 nitrogen and oxygen atoms in total. The van der Waals surface area contributed by atoms with Gasteiger partial charge in [0.15, 0.2) is 11.5 Å². The van der Waals surface area contributed by atoms with E-state index in [2.05, 4.69) is 13.8 Å². The van der Waals surface area contributed by atoms with Crippen LogP contribution in [0.25, 0.3) is 0 Å². The van der Waals surface area contributed by atoms with Crippen molar-refractivity contribution in [2.24, 2.45) is 17.8 Å². The molecule has 1 aromatic rings. The largest absolute Gasteiger partial charge is 0.490 e. The summed E-state index contributed by atoms with van der Waals surface area (Å²) in [6.45, 7) is 6.01. The highest BCUT2D eigenvalue weighted by Gasteiger charge is 2.30. The summed E-state index contributed by atoms with van der Waals surface area (Å²) in [4.78, 5) is 0. The highest BCUT2D eigenvalue weighted by Crippen LogP contribution is 2.41. The smallest absolute Gasteiger partial charge is 0.161 e. The molecule has 116 valence electrons. The highest BCUT2D eigenvalue weighted by atomic mass is 16.5. The van der Waals surface area contributed by atoms with Crippen molar-refractivity contribution in [3.63, 3.8) is 0 Å². The Hall–Kier alpha value is -1.22. The van der Waals surface area contributed by atoms with Gasteiger partial charge in [-0.15, -0.1) is 0 Å². The molecule has 1 aliphatic heterocycles. The van der Waals surface area contributed by atoms with Crippen LogP contribution in [0.2, 0.25) is 0 Å². The summed E-state index contributed by atoms with van der Waals surface area (Å²) in [5, 5.41) is 10.7. The molecular weight excluding hydrogens is 264 g/mol. The Kier molecular flexibility index (Phi) is 4.39. The van der Waals surface area contributed by atoms with Crippen molar-refractivity contribution in [2.75, 3.05) is 13.2 Å². The van der Waals surface area contributed by atoms with Crippen molar-refractivity contribution in [3.05, 3.63) is 23.8 Å². The van der Waals surface area contributed by atoms with Crippen LogP contribution in [0.5, 0.6) is 11.5 Å². The second kappa shape index (κ2) is 6.27. The van der Waals surface area contributed by atoms with E-state index >= 15 is 0 Å². The third-order valence-corrected chi connectivity index (χ3v) is 5.20. The van der Waals surface area contributed by atoms with Crippen LogP contribution in [-0.4, -0.2) is 18.3 Å². The zero-order valence-corrected chi connectivity index (χ0v) is 13.0. The average Bonchev–Trinajstić information content (AvgIpc) is 2.73. The first-order valence-corrected chi connectivity index (χ1v) is 8.22. The fourth-order valence-corrected chi connectivity index (χ4v) is 3.51. The molecule has 1 heterocycles. The molecule has 1 aromatic carbocycles. The van der Waals surface area contributed by atoms with Gasteiger partial charge in [0.25, 0.3) is 0 Å². The summed E-state index contributed by atoms with van der Waals surface area (Å²) in [5.41, 5.74) is 0.964. The van der Waals surface area contributed by atoms with Crippen molar-refractivity contribution < 1.29 is 14.6 Å². The molecule has 0 amide bonds. The molecule has 1 saturated carbocycles. The number of fused-ring (bicyclic) bond motifs is 1. The van der Waals surface area contributed by atoms with Gasteiger partial charge in [0, 0.05) is 6.42 Å². The minimum Gasteiger partial charge on any atom is -0.490 e. The third kappa shape index (κ3) is 3.18. The number of rotatable bonds is 2. The maximum atomic E-state index is 10.7. The van der Waals surface area contributed by atoms with E-state index in [1.165, 1.54) is 6.42 Å². The molecule has 0 aromatic heterocycles. The lowest BCUT2D eigenvalue weighted by molar-refractivity contribution is 0.0559. The zero-order valence-electron chi connectivity index (χ0n) is 13.0. The summed E-state index contributed by atoms with van der Waals surface area (Å²) >= 11 is 0. The van der Waals surface area contributed by atoms with Gasteiger partial charge in [-0.25, -0.2) is 0 Å². The van der Waals surface area contributed by atoms with Crippen LogP contribution in [0, 0.1) is 17.8 Å². The van der Waals surface area contributed by atoms with Crippen molar-refractivity contribution in [3.8, 4) is 11.5 Å². The number of aliphatic hydroxyl groups excluding tert-OH is 1. The first-order chi connectivity index (χ1) is 10.1. The Labute approximate surface area is 127 Å². The standard InChI is InChI=1S/C18H26O3/c1-12-4-5-14(10-13(12)2)18(19)15-6-7-16-17(11-15)21-9-3-8-20-16/h6-7,11-14,18-19H,3-5,8-10H2,1-2H3. The summed E-state index contributed by atoms with van der Waals surface area (Å²) in [6.07, 6.45) is 3.95. The fraction of sp³-hybridized carbons (Fsp3) is 0.667. The van der Waals surface area contributed by atoms with E-state index in [1.807, 2.05) is 18.2 Å². The number of hydrogen-bond donors (Lipinski definition) is 1. The van der Waals surface area contributed by atoms with Crippen molar-refractivity contribution >= 4 is 0 Å². The molecule has 0 radical (unpaired) electrons. The number of aliphatic hydroxyl groups is 1. The Morgan fingerprint density at radius 2 is 1.81 bits per heavy atom. The van der Waals surface area contributed by atoms with E-state index in [-0.39, 0.29) is 0 Å². The van der Waals surface area contributed by atoms with Gasteiger partial charge in [0.05, 0.1) is 19.3 Å². The van der Waals surface area contributed by atoms with Gasteiger partial charge in [-0.2, -0.15) is 0 Å². The van der Waals surface area contributed by atoms with Crippen LogP contribution in [-0.2, 0) is 0 Å². The van der Waals surface area contributed by atoms with Gasteiger partial charge in [-0.05, 0) is 48.3 Å². The maximum Gasteiger partial charge on any atom is 0.161 e. The van der Waals surface area contributed by atoms with Gasteiger partial charge in [0.2, 0.25) is 0 Å². The Morgan fingerprint density at radius 1 is 1.05 bits per heavy atom. The summed E-state index contributed by atoms with van der Waals surface area (Å²) < 4.78 is 11.4. The van der Waals surface area contributed by atoms with Crippen LogP contribution in [0.4, 0.5) is 0 Å². The quantitative estimate of drug-likeness (QED) is 0.896. The van der Waals surface area contributed by atoms with Gasteiger partial charge >= 0.3 is 0 Å². The molecule has 0 spiro atoms. The molecule has 1 N–H and O–H groups in total. The Balaban J connectivity index is 1.75. The number of hydrogen-bond acceptors (Lipinski definition) is 3. The van der Waals surface area contributed by atoms with E-state index in [0.717, 1.165) is 42.2 Å². The molecule has 0 bridgehead atoms. The van der Waals surface area contributed by atoms with E-state index in [4.69, 9.17) is 9.47 Å². The molecule has 3 rings (SSSR count). The molecule has 21 heavy (non-hydrogen) atoms. The lowest BCUT2D eigenvalue weighted by Crippen LogP contribution is -2.25. The molecule has 4 unspecified atom stereocenters. The fourth-order valence-electron chi connectivity index (χ4n) is 3.51. The van der Waals surface area contributed by atoms with E-state index in [1.54, 1.807) is 0 Å². The lowest BCUT2D eigenvalue weighted by atomic mass is 9.73. The predicted octanol–water partition coefficient (Wildman–Crippen LogP) is 3.95. The van der Waals surface area contributed by atoms with E-state index in [9.17, 15) is 5.11 Å². The van der Waals surface area contributed by atoms with Crippen LogP contribution in [0.15, 0.2) is 18.2 Å². The van der Waals surface area contributed by atoms with Crippen LogP contribution in [0.3, 0.4) is 0 Å². The third-order valence-electron chi connectivity index (χ3n) is 5.20. The monoisotopic (exact) mass is 290 g/mol. The minimum absolute atomic E-state index is 0.362. The molecular formula is C18H26O3. The number of ether oxygens (including phenoxy) is 2. The molecule has 4 atom stereocenters. The Morgan fingerprint density at radius 3 is 2.57 bits per heavy atom. The first kappa shape index (κ1) is 14.7. The zero-order chi connectivity index (χ0) is 14.8. The highest BCUT2D eigenvalue weighted by molar-refractivity contribution is 5.44. The van der Waals surface area contributed by atoms with Crippen molar-refractivity contribution in [1.29, 1.82) is 0 Å². The molecule has 1 aliphatic carbocycles. The van der Waals surface area contributed by atoms with Crippen LogP contribution >= 0.6 is 0 Å². The topological polar surface area (TPSA) is 38.7 Å². The summed E-state index contributed by atoms with van der Waals surface area (Å²) in [7, 11) is 0. The van der Waals surface area contributed by atoms with Gasteiger partial charge in [-0.3, -0.25) is 0 Å². The van der Waals surface area contributed by atoms with Crippen LogP contribution < -0.4 is 9.47 Å². The minimum atomic E-state index is -0.392. The lowest BCUT2D eigenvalue weighted by Gasteiger charge is -2.34. The van der Waals surface area contributed by atoms with E-state index in [0.29, 0.717) is 25.0 Å². The molecule has 0 saturated heterocycles. The van der Waals surface area contributed by atoms with Gasteiger partial charge < -0.3 is 14.6 Å². The first-order valence-electron chi connectivity index (χ1n) is 8.22. The second-order valence-electron chi connectivity index (χ2n) is 6.73. The number of benzene rings is 1. The molecule has 2 aliphatic rings. The average molecular weight is 290 g/mol. The molecule has 1 fully saturated rings. The summed E-state index contributed by atoms with van der Waals surface area (Å²) in [6, 6.07) is 5.89.